The summed E-state index contributed by atoms with van der Waals surface area (Å²) >= 11 is 0. The van der Waals surface area contributed by atoms with Gasteiger partial charge in [-0.3, -0.25) is 0 Å². The number of hydrogen-bond acceptors (Lipinski definition) is 3. The van der Waals surface area contributed by atoms with Crippen LogP contribution in [-0.4, -0.2) is 13.7 Å². The summed E-state index contributed by atoms with van der Waals surface area (Å²) in [5.41, 5.74) is 12.5. The predicted molar refractivity (Wildman–Crippen MR) is 229 cm³/mol. The molecule has 6 nitrogen and oxygen atoms in total. The van der Waals surface area contributed by atoms with E-state index in [0.717, 1.165) is 82.8 Å². The van der Waals surface area contributed by atoms with Gasteiger partial charge in [0.25, 0.3) is 0 Å². The van der Waals surface area contributed by atoms with Crippen LogP contribution in [0.5, 0.6) is 0 Å². The van der Waals surface area contributed by atoms with Crippen LogP contribution in [0.4, 0.5) is 0 Å². The van der Waals surface area contributed by atoms with Gasteiger partial charge in [0.1, 0.15) is 0 Å². The summed E-state index contributed by atoms with van der Waals surface area (Å²) in [5, 5.41) is 36.7. The molecular weight excluding hydrogens is 697 g/mol. The Morgan fingerprint density at radius 2 is 0.807 bits per heavy atom. The molecule has 0 saturated carbocycles. The van der Waals surface area contributed by atoms with E-state index < -0.39 is 0 Å². The van der Waals surface area contributed by atoms with Crippen LogP contribution < -0.4 is 0 Å². The van der Waals surface area contributed by atoms with Crippen LogP contribution in [0.1, 0.15) is 16.7 Å². The first kappa shape index (κ1) is 32.1. The highest BCUT2D eigenvalue weighted by molar-refractivity contribution is 6.13. The minimum Gasteiger partial charge on any atom is -0.309 e. The number of rotatable bonds is 4. The standard InChI is InChI=1S/C51H28N6/c52-29-32-17-21-49-44(26-32)42-20-19-36(55-46-14-6-2-10-39(46)40-11-3-7-15-47(40)55)28-51(42)56(49)37-24-34(31-54)23-35(27-37)38-9-1-5-13-45(38)57-48-16-8-4-12-41(48)43-25-33(30-53)18-22-50(43)57/h1-28H. The van der Waals surface area contributed by atoms with E-state index in [1.54, 1.807) is 0 Å². The van der Waals surface area contributed by atoms with Crippen LogP contribution in [0.2, 0.25) is 0 Å². The second-order valence-electron chi connectivity index (χ2n) is 14.3. The maximum atomic E-state index is 10.6. The van der Waals surface area contributed by atoms with Crippen LogP contribution in [0.15, 0.2) is 170 Å². The summed E-state index contributed by atoms with van der Waals surface area (Å²) in [7, 11) is 0. The van der Waals surface area contributed by atoms with Crippen LogP contribution in [0.25, 0.3) is 93.6 Å². The minimum absolute atomic E-state index is 0.528. The molecule has 0 spiro atoms. The number of aromatic nitrogens is 3. The highest BCUT2D eigenvalue weighted by atomic mass is 15.0. The highest BCUT2D eigenvalue weighted by Crippen LogP contribution is 2.40. The molecule has 262 valence electrons. The Kier molecular flexibility index (Phi) is 6.95. The number of hydrogen-bond donors (Lipinski definition) is 0. The maximum absolute atomic E-state index is 10.6. The first-order valence-corrected chi connectivity index (χ1v) is 18.7. The average molecular weight is 725 g/mol. The van der Waals surface area contributed by atoms with Crippen LogP contribution in [0.3, 0.4) is 0 Å². The van der Waals surface area contributed by atoms with Gasteiger partial charge >= 0.3 is 0 Å². The molecule has 11 aromatic rings. The van der Waals surface area contributed by atoms with Gasteiger partial charge in [-0.1, -0.05) is 78.9 Å². The van der Waals surface area contributed by atoms with Crippen molar-refractivity contribution in [3.63, 3.8) is 0 Å². The molecule has 0 bridgehead atoms. The predicted octanol–water partition coefficient (Wildman–Crippen LogP) is 12.3. The second kappa shape index (κ2) is 12.3. The van der Waals surface area contributed by atoms with Crippen LogP contribution >= 0.6 is 0 Å². The Morgan fingerprint density at radius 3 is 1.44 bits per heavy atom. The molecule has 6 heteroatoms. The van der Waals surface area contributed by atoms with Gasteiger partial charge in [0.05, 0.1) is 73.7 Å². The lowest BCUT2D eigenvalue weighted by atomic mass is 10.00. The van der Waals surface area contributed by atoms with Crippen molar-refractivity contribution in [3.8, 4) is 46.4 Å². The summed E-state index contributed by atoms with van der Waals surface area (Å²) in [4.78, 5) is 0. The largest absolute Gasteiger partial charge is 0.309 e. The van der Waals surface area contributed by atoms with Gasteiger partial charge in [-0.2, -0.15) is 15.8 Å². The lowest BCUT2D eigenvalue weighted by molar-refractivity contribution is 1.15. The Labute approximate surface area is 326 Å². The molecule has 57 heavy (non-hydrogen) atoms. The molecule has 0 aliphatic carbocycles. The summed E-state index contributed by atoms with van der Waals surface area (Å²) in [6.45, 7) is 0. The third-order valence-electron chi connectivity index (χ3n) is 11.3. The Morgan fingerprint density at radius 1 is 0.316 bits per heavy atom. The van der Waals surface area contributed by atoms with Crippen molar-refractivity contribution in [2.45, 2.75) is 0 Å². The normalized spacial score (nSPS) is 11.5. The van der Waals surface area contributed by atoms with Gasteiger partial charge in [0.15, 0.2) is 0 Å². The molecule has 11 rings (SSSR count). The lowest BCUT2D eigenvalue weighted by Gasteiger charge is -2.16. The van der Waals surface area contributed by atoms with E-state index in [0.29, 0.717) is 16.7 Å². The molecule has 0 saturated heterocycles. The van der Waals surface area contributed by atoms with Gasteiger partial charge < -0.3 is 13.7 Å². The molecule has 0 aliphatic heterocycles. The third kappa shape index (κ3) is 4.74. The fraction of sp³-hybridized carbons (Fsp3) is 0. The molecule has 0 fully saturated rings. The number of nitrogens with zero attached hydrogens (tertiary/aromatic N) is 6. The Hall–Kier alpha value is -8.37. The van der Waals surface area contributed by atoms with Gasteiger partial charge in [-0.05, 0) is 96.6 Å². The van der Waals surface area contributed by atoms with E-state index in [1.165, 1.54) is 10.8 Å². The lowest BCUT2D eigenvalue weighted by Crippen LogP contribution is -2.00. The first-order chi connectivity index (χ1) is 28.1. The molecule has 0 atom stereocenters. The number of nitriles is 3. The van der Waals surface area contributed by atoms with Crippen molar-refractivity contribution in [3.05, 3.63) is 187 Å². The zero-order chi connectivity index (χ0) is 38.2. The van der Waals surface area contributed by atoms with E-state index in [9.17, 15) is 15.8 Å². The summed E-state index contributed by atoms with van der Waals surface area (Å²) in [6, 6.07) is 64.9. The molecule has 0 aliphatic rings. The number of benzene rings is 8. The maximum Gasteiger partial charge on any atom is 0.0992 e. The van der Waals surface area contributed by atoms with Crippen molar-refractivity contribution in [2.75, 3.05) is 0 Å². The van der Waals surface area contributed by atoms with E-state index >= 15 is 0 Å². The van der Waals surface area contributed by atoms with Crippen molar-refractivity contribution in [1.82, 2.24) is 13.7 Å². The minimum atomic E-state index is 0.528. The molecule has 0 N–H and O–H groups in total. The van der Waals surface area contributed by atoms with Gasteiger partial charge in [-0.25, -0.2) is 0 Å². The van der Waals surface area contributed by atoms with Crippen molar-refractivity contribution >= 4 is 65.4 Å². The van der Waals surface area contributed by atoms with Crippen molar-refractivity contribution in [1.29, 1.82) is 15.8 Å². The molecular formula is C51H28N6. The third-order valence-corrected chi connectivity index (χ3v) is 11.3. The molecule has 0 unspecified atom stereocenters. The van der Waals surface area contributed by atoms with E-state index in [-0.39, 0.29) is 0 Å². The van der Waals surface area contributed by atoms with E-state index in [2.05, 4.69) is 129 Å². The summed E-state index contributed by atoms with van der Waals surface area (Å²) in [6.07, 6.45) is 0. The molecule has 3 aromatic heterocycles. The van der Waals surface area contributed by atoms with Crippen molar-refractivity contribution in [2.24, 2.45) is 0 Å². The van der Waals surface area contributed by atoms with Gasteiger partial charge in [0.2, 0.25) is 0 Å². The average Bonchev–Trinajstić information content (AvgIpc) is 3.91. The fourth-order valence-corrected chi connectivity index (χ4v) is 8.87. The quantitative estimate of drug-likeness (QED) is 0.181. The molecule has 3 heterocycles. The number of fused-ring (bicyclic) bond motifs is 9. The molecule has 0 radical (unpaired) electrons. The molecule has 0 amide bonds. The monoisotopic (exact) mass is 724 g/mol. The fourth-order valence-electron chi connectivity index (χ4n) is 8.87. The highest BCUT2D eigenvalue weighted by Gasteiger charge is 2.20. The van der Waals surface area contributed by atoms with Crippen LogP contribution in [-0.2, 0) is 0 Å². The smallest absolute Gasteiger partial charge is 0.0992 e. The van der Waals surface area contributed by atoms with Crippen LogP contribution in [0, 0.1) is 34.0 Å². The Balaban J connectivity index is 1.18. The topological polar surface area (TPSA) is 86.2 Å². The Bertz CT molecular complexity index is 3580. The second-order valence-corrected chi connectivity index (χ2v) is 14.3. The number of para-hydroxylation sites is 4. The summed E-state index contributed by atoms with van der Waals surface area (Å²) in [5.74, 6) is 0. The molecule has 8 aromatic carbocycles. The van der Waals surface area contributed by atoms with Gasteiger partial charge in [-0.15, -0.1) is 0 Å². The first-order valence-electron chi connectivity index (χ1n) is 18.7. The summed E-state index contributed by atoms with van der Waals surface area (Å²) < 4.78 is 6.79. The van der Waals surface area contributed by atoms with Gasteiger partial charge in [0, 0.05) is 49.3 Å². The zero-order valence-corrected chi connectivity index (χ0v) is 30.3. The zero-order valence-electron chi connectivity index (χ0n) is 30.3. The van der Waals surface area contributed by atoms with E-state index in [4.69, 9.17) is 0 Å². The SMILES string of the molecule is N#Cc1cc(-c2ccccc2-n2c3ccccc3c3cc(C#N)ccc32)cc(-n2c3ccc(C#N)cc3c3ccc(-n4c5ccccc5c5ccccc54)cc32)c1. The van der Waals surface area contributed by atoms with Crippen molar-refractivity contribution < 1.29 is 0 Å². The van der Waals surface area contributed by atoms with E-state index in [1.807, 2.05) is 72.8 Å².